The number of benzene rings is 2. The molecule has 136 valence electrons. The molecule has 0 bridgehead atoms. The highest BCUT2D eigenvalue weighted by Gasteiger charge is 2.15. The molecule has 1 aromatic heterocycles. The van der Waals surface area contributed by atoms with Crippen molar-refractivity contribution in [2.45, 2.75) is 11.6 Å². The van der Waals surface area contributed by atoms with E-state index in [1.54, 1.807) is 54.1 Å². The van der Waals surface area contributed by atoms with Crippen molar-refractivity contribution < 1.29 is 9.18 Å². The highest BCUT2D eigenvalue weighted by atomic mass is 32.2. The zero-order valence-corrected chi connectivity index (χ0v) is 15.3. The van der Waals surface area contributed by atoms with Gasteiger partial charge in [-0.25, -0.2) is 4.39 Å². The van der Waals surface area contributed by atoms with E-state index in [2.05, 4.69) is 21.6 Å². The average molecular weight is 381 g/mol. The molecule has 27 heavy (non-hydrogen) atoms. The van der Waals surface area contributed by atoms with E-state index in [4.69, 9.17) is 5.26 Å². The number of carbonyl (C=O) groups is 1. The molecule has 3 aromatic rings. The molecule has 0 saturated heterocycles. The summed E-state index contributed by atoms with van der Waals surface area (Å²) in [7, 11) is 1.73. The van der Waals surface area contributed by atoms with Crippen LogP contribution in [0.25, 0.3) is 11.4 Å². The van der Waals surface area contributed by atoms with Crippen molar-refractivity contribution in [3.63, 3.8) is 0 Å². The molecule has 0 unspecified atom stereocenters. The number of anilines is 1. The number of rotatable bonds is 6. The molecule has 0 radical (unpaired) electrons. The van der Waals surface area contributed by atoms with Gasteiger partial charge >= 0.3 is 0 Å². The van der Waals surface area contributed by atoms with Crippen LogP contribution in [0.4, 0.5) is 10.1 Å². The smallest absolute Gasteiger partial charge is 0.234 e. The quantitative estimate of drug-likeness (QED) is 0.662. The predicted molar refractivity (Wildman–Crippen MR) is 102 cm³/mol. The standard InChI is InChI=1S/C19H16FN5OS/c1-25-18(15-4-2-3-5-16(15)20)23-24-19(25)27-12-17(26)22-14-8-6-13(7-9-14)10-11-21/h2-9H,10,12H2,1H3,(H,22,26). The average Bonchev–Trinajstić information content (AvgIpc) is 3.03. The van der Waals surface area contributed by atoms with Gasteiger partial charge in [-0.3, -0.25) is 4.79 Å². The molecule has 0 spiro atoms. The monoisotopic (exact) mass is 381 g/mol. The number of hydrogen-bond donors (Lipinski definition) is 1. The van der Waals surface area contributed by atoms with E-state index in [9.17, 15) is 9.18 Å². The molecule has 6 nitrogen and oxygen atoms in total. The Balaban J connectivity index is 1.61. The maximum atomic E-state index is 13.9. The third-order valence-corrected chi connectivity index (χ3v) is 4.82. The van der Waals surface area contributed by atoms with Gasteiger partial charge in [0.05, 0.1) is 23.8 Å². The lowest BCUT2D eigenvalue weighted by Gasteiger charge is -2.06. The molecule has 8 heteroatoms. The number of nitrogens with one attached hydrogen (secondary N) is 1. The fourth-order valence-corrected chi connectivity index (χ4v) is 3.15. The maximum absolute atomic E-state index is 13.9. The molecule has 1 N–H and O–H groups in total. The maximum Gasteiger partial charge on any atom is 0.234 e. The summed E-state index contributed by atoms with van der Waals surface area (Å²) in [6.45, 7) is 0. The van der Waals surface area contributed by atoms with E-state index in [1.165, 1.54) is 17.8 Å². The Bertz CT molecular complexity index is 994. The van der Waals surface area contributed by atoms with Gasteiger partial charge in [0.25, 0.3) is 0 Å². The largest absolute Gasteiger partial charge is 0.325 e. The fourth-order valence-electron chi connectivity index (χ4n) is 2.44. The normalized spacial score (nSPS) is 10.4. The highest BCUT2D eigenvalue weighted by Crippen LogP contribution is 2.24. The second-order valence-electron chi connectivity index (χ2n) is 5.71. The summed E-state index contributed by atoms with van der Waals surface area (Å²) in [6.07, 6.45) is 0.334. The Labute approximate surface area is 160 Å². The minimum Gasteiger partial charge on any atom is -0.325 e. The number of halogens is 1. The summed E-state index contributed by atoms with van der Waals surface area (Å²) in [4.78, 5) is 12.1. The molecule has 0 aliphatic heterocycles. The van der Waals surface area contributed by atoms with Gasteiger partial charge in [0.2, 0.25) is 5.91 Å². The number of thioether (sulfide) groups is 1. The van der Waals surface area contributed by atoms with Crippen molar-refractivity contribution in [2.75, 3.05) is 11.1 Å². The lowest BCUT2D eigenvalue weighted by atomic mass is 10.1. The molecular weight excluding hydrogens is 365 g/mol. The van der Waals surface area contributed by atoms with Gasteiger partial charge in [0.1, 0.15) is 5.82 Å². The van der Waals surface area contributed by atoms with Gasteiger partial charge in [-0.2, -0.15) is 5.26 Å². The van der Waals surface area contributed by atoms with E-state index in [0.717, 1.165) is 5.56 Å². The number of aromatic nitrogens is 3. The molecule has 0 fully saturated rings. The van der Waals surface area contributed by atoms with Gasteiger partial charge in [-0.1, -0.05) is 36.0 Å². The first kappa shape index (κ1) is 18.6. The predicted octanol–water partition coefficient (Wildman–Crippen LogP) is 3.42. The van der Waals surface area contributed by atoms with Gasteiger partial charge in [0.15, 0.2) is 11.0 Å². The van der Waals surface area contributed by atoms with Crippen LogP contribution < -0.4 is 5.32 Å². The Kier molecular flexibility index (Phi) is 5.84. The van der Waals surface area contributed by atoms with E-state index < -0.39 is 0 Å². The van der Waals surface area contributed by atoms with Crippen LogP contribution >= 0.6 is 11.8 Å². The van der Waals surface area contributed by atoms with E-state index in [0.29, 0.717) is 28.7 Å². The van der Waals surface area contributed by atoms with Crippen LogP contribution in [0.15, 0.2) is 53.7 Å². The Morgan fingerprint density at radius 3 is 2.67 bits per heavy atom. The van der Waals surface area contributed by atoms with Crippen LogP contribution in [-0.2, 0) is 18.3 Å². The fraction of sp³-hybridized carbons (Fsp3) is 0.158. The molecule has 1 heterocycles. The molecule has 0 saturated carbocycles. The molecule has 0 aliphatic rings. The Hall–Kier alpha value is -3.18. The molecule has 0 aliphatic carbocycles. The number of carbonyl (C=O) groups excluding carboxylic acids is 1. The minimum absolute atomic E-state index is 0.142. The van der Waals surface area contributed by atoms with Gasteiger partial charge in [0, 0.05) is 12.7 Å². The zero-order valence-electron chi connectivity index (χ0n) is 14.5. The van der Waals surface area contributed by atoms with Crippen molar-refractivity contribution >= 4 is 23.4 Å². The summed E-state index contributed by atoms with van der Waals surface area (Å²) < 4.78 is 15.6. The molecular formula is C19H16FN5OS. The topological polar surface area (TPSA) is 83.6 Å². The third kappa shape index (κ3) is 4.51. The molecule has 3 rings (SSSR count). The van der Waals surface area contributed by atoms with Gasteiger partial charge in [-0.15, -0.1) is 10.2 Å². The second kappa shape index (κ2) is 8.47. The summed E-state index contributed by atoms with van der Waals surface area (Å²) in [5.74, 6) is -0.0156. The number of amides is 1. The SMILES string of the molecule is Cn1c(SCC(=O)Nc2ccc(CC#N)cc2)nnc1-c1ccccc1F. The minimum atomic E-state index is -0.373. The highest BCUT2D eigenvalue weighted by molar-refractivity contribution is 7.99. The number of nitriles is 1. The van der Waals surface area contributed by atoms with E-state index in [1.807, 2.05) is 0 Å². The van der Waals surface area contributed by atoms with Crippen molar-refractivity contribution in [1.82, 2.24) is 14.8 Å². The van der Waals surface area contributed by atoms with Crippen LogP contribution in [0, 0.1) is 17.1 Å². The summed E-state index contributed by atoms with van der Waals surface area (Å²) in [5.41, 5.74) is 1.91. The van der Waals surface area contributed by atoms with Crippen LogP contribution in [0.1, 0.15) is 5.56 Å². The van der Waals surface area contributed by atoms with E-state index in [-0.39, 0.29) is 17.5 Å². The first-order chi connectivity index (χ1) is 13.1. The van der Waals surface area contributed by atoms with Crippen molar-refractivity contribution in [1.29, 1.82) is 5.26 Å². The third-order valence-electron chi connectivity index (χ3n) is 3.80. The van der Waals surface area contributed by atoms with Gasteiger partial charge < -0.3 is 9.88 Å². The molecule has 1 amide bonds. The van der Waals surface area contributed by atoms with Crippen molar-refractivity contribution in [2.24, 2.45) is 7.05 Å². The molecule has 2 aromatic carbocycles. The van der Waals surface area contributed by atoms with Crippen LogP contribution in [0.3, 0.4) is 0 Å². The van der Waals surface area contributed by atoms with E-state index >= 15 is 0 Å². The Morgan fingerprint density at radius 2 is 1.96 bits per heavy atom. The molecule has 0 atom stereocenters. The van der Waals surface area contributed by atoms with Gasteiger partial charge in [-0.05, 0) is 29.8 Å². The lowest BCUT2D eigenvalue weighted by Crippen LogP contribution is -2.14. The summed E-state index contributed by atoms with van der Waals surface area (Å²) >= 11 is 1.22. The second-order valence-corrected chi connectivity index (χ2v) is 6.66. The number of hydrogen-bond acceptors (Lipinski definition) is 5. The van der Waals surface area contributed by atoms with Crippen LogP contribution in [-0.4, -0.2) is 26.4 Å². The Morgan fingerprint density at radius 1 is 1.22 bits per heavy atom. The number of nitrogens with zero attached hydrogens (tertiary/aromatic N) is 4. The first-order valence-electron chi connectivity index (χ1n) is 8.11. The van der Waals surface area contributed by atoms with Crippen LogP contribution in [0.2, 0.25) is 0 Å². The first-order valence-corrected chi connectivity index (χ1v) is 9.10. The lowest BCUT2D eigenvalue weighted by molar-refractivity contribution is -0.113. The van der Waals surface area contributed by atoms with Crippen molar-refractivity contribution in [3.05, 3.63) is 59.9 Å². The summed E-state index contributed by atoms with van der Waals surface area (Å²) in [6, 6.07) is 15.5. The van der Waals surface area contributed by atoms with Crippen molar-refractivity contribution in [3.8, 4) is 17.5 Å². The summed E-state index contributed by atoms with van der Waals surface area (Å²) in [5, 5.41) is 20.1. The zero-order chi connectivity index (χ0) is 19.2. The van der Waals surface area contributed by atoms with Crippen LogP contribution in [0.5, 0.6) is 0 Å².